The predicted octanol–water partition coefficient (Wildman–Crippen LogP) is 4.72. The average Bonchev–Trinajstić information content (AvgIpc) is 3.17. The highest BCUT2D eigenvalue weighted by molar-refractivity contribution is 6.34. The quantitative estimate of drug-likeness (QED) is 0.730. The Morgan fingerprint density at radius 1 is 1.04 bits per heavy atom. The maximum Gasteiger partial charge on any atom is 0.138 e. The van der Waals surface area contributed by atoms with Gasteiger partial charge in [0.15, 0.2) is 0 Å². The maximum atomic E-state index is 9.59. The first kappa shape index (κ1) is 18.8. The number of rotatable bonds is 6. The Balaban J connectivity index is 1.39. The van der Waals surface area contributed by atoms with E-state index in [2.05, 4.69) is 29.2 Å². The van der Waals surface area contributed by atoms with E-state index >= 15 is 0 Å². The van der Waals surface area contributed by atoms with Gasteiger partial charge in [0.25, 0.3) is 0 Å². The van der Waals surface area contributed by atoms with E-state index in [4.69, 9.17) is 16.3 Å². The number of hydrogen-bond acceptors (Lipinski definition) is 3. The van der Waals surface area contributed by atoms with Crippen LogP contribution in [0.5, 0.6) is 5.75 Å². The first-order valence-electron chi connectivity index (χ1n) is 10.2. The van der Waals surface area contributed by atoms with Gasteiger partial charge in [-0.05, 0) is 61.3 Å². The lowest BCUT2D eigenvalue weighted by atomic mass is 9.97. The number of likely N-dealkylation sites (tertiary alicyclic amines) is 1. The normalized spacial score (nSPS) is 17.9. The van der Waals surface area contributed by atoms with Crippen LogP contribution in [-0.2, 0) is 12.8 Å². The molecule has 2 aromatic carbocycles. The summed E-state index contributed by atoms with van der Waals surface area (Å²) in [6.45, 7) is 3.64. The standard InChI is InChI=1S/C23H28ClNO2/c24-23-21(20-8-2-6-17-5-1-7-19(17)20)9-3-10-22(23)27-16-4-13-25-14-11-18(26)12-15-25/h2-3,6,8-10,18,26H,1,4-5,7,11-16H2. The molecule has 1 heterocycles. The topological polar surface area (TPSA) is 32.7 Å². The van der Waals surface area contributed by atoms with Crippen LogP contribution in [0.4, 0.5) is 0 Å². The third kappa shape index (κ3) is 4.31. The number of ether oxygens (including phenoxy) is 1. The molecular weight excluding hydrogens is 358 g/mol. The minimum atomic E-state index is -0.113. The first-order valence-corrected chi connectivity index (χ1v) is 10.5. The monoisotopic (exact) mass is 385 g/mol. The van der Waals surface area contributed by atoms with Gasteiger partial charge < -0.3 is 14.7 Å². The number of benzene rings is 2. The van der Waals surface area contributed by atoms with Gasteiger partial charge >= 0.3 is 0 Å². The second-order valence-corrected chi connectivity index (χ2v) is 8.07. The smallest absolute Gasteiger partial charge is 0.138 e. The molecule has 3 nitrogen and oxygen atoms in total. The predicted molar refractivity (Wildman–Crippen MR) is 111 cm³/mol. The van der Waals surface area contributed by atoms with Gasteiger partial charge in [0.1, 0.15) is 5.75 Å². The van der Waals surface area contributed by atoms with Crippen LogP contribution in [0.15, 0.2) is 36.4 Å². The fraction of sp³-hybridized carbons (Fsp3) is 0.478. The molecule has 0 atom stereocenters. The highest BCUT2D eigenvalue weighted by Gasteiger charge is 2.19. The summed E-state index contributed by atoms with van der Waals surface area (Å²) >= 11 is 6.73. The summed E-state index contributed by atoms with van der Waals surface area (Å²) in [6.07, 6.45) is 6.16. The highest BCUT2D eigenvalue weighted by Crippen LogP contribution is 2.39. The molecule has 0 unspecified atom stereocenters. The zero-order valence-corrected chi connectivity index (χ0v) is 16.5. The molecule has 4 rings (SSSR count). The summed E-state index contributed by atoms with van der Waals surface area (Å²) in [6, 6.07) is 12.7. The number of piperidine rings is 1. The van der Waals surface area contributed by atoms with Crippen LogP contribution in [0, 0.1) is 0 Å². The van der Waals surface area contributed by atoms with Crippen molar-refractivity contribution < 1.29 is 9.84 Å². The number of aliphatic hydroxyl groups is 1. The van der Waals surface area contributed by atoms with E-state index in [9.17, 15) is 5.11 Å². The number of halogens is 1. The Morgan fingerprint density at radius 2 is 1.81 bits per heavy atom. The zero-order valence-electron chi connectivity index (χ0n) is 15.8. The molecule has 4 heteroatoms. The van der Waals surface area contributed by atoms with Crippen molar-refractivity contribution in [3.8, 4) is 16.9 Å². The second-order valence-electron chi connectivity index (χ2n) is 7.69. The summed E-state index contributed by atoms with van der Waals surface area (Å²) in [5.74, 6) is 0.777. The fourth-order valence-electron chi connectivity index (χ4n) is 4.32. The lowest BCUT2D eigenvalue weighted by Crippen LogP contribution is -2.36. The van der Waals surface area contributed by atoms with Crippen LogP contribution in [0.3, 0.4) is 0 Å². The summed E-state index contributed by atoms with van der Waals surface area (Å²) in [7, 11) is 0. The van der Waals surface area contributed by atoms with Gasteiger partial charge in [0, 0.05) is 25.2 Å². The van der Waals surface area contributed by atoms with Crippen molar-refractivity contribution in [2.24, 2.45) is 0 Å². The second kappa shape index (κ2) is 8.64. The molecular formula is C23H28ClNO2. The van der Waals surface area contributed by atoms with E-state index in [1.54, 1.807) is 0 Å². The largest absolute Gasteiger partial charge is 0.492 e. The molecule has 27 heavy (non-hydrogen) atoms. The van der Waals surface area contributed by atoms with Crippen LogP contribution in [0.2, 0.25) is 5.02 Å². The SMILES string of the molecule is OC1CCN(CCCOc2cccc(-c3cccc4c3CCC4)c2Cl)CC1. The highest BCUT2D eigenvalue weighted by atomic mass is 35.5. The first-order chi connectivity index (χ1) is 13.2. The summed E-state index contributed by atoms with van der Waals surface area (Å²) < 4.78 is 6.02. The van der Waals surface area contributed by atoms with Crippen molar-refractivity contribution in [2.75, 3.05) is 26.2 Å². The molecule has 0 aromatic heterocycles. The summed E-state index contributed by atoms with van der Waals surface area (Å²) in [5.41, 5.74) is 5.25. The Bertz CT molecular complexity index is 784. The van der Waals surface area contributed by atoms with E-state index in [1.165, 1.54) is 29.5 Å². The van der Waals surface area contributed by atoms with Crippen molar-refractivity contribution in [1.29, 1.82) is 0 Å². The Hall–Kier alpha value is -1.55. The third-order valence-electron chi connectivity index (χ3n) is 5.83. The Labute approximate surface area is 166 Å². The van der Waals surface area contributed by atoms with Gasteiger partial charge in [-0.25, -0.2) is 0 Å². The van der Waals surface area contributed by atoms with E-state index in [-0.39, 0.29) is 6.10 Å². The molecule has 1 fully saturated rings. The lowest BCUT2D eigenvalue weighted by Gasteiger charge is -2.29. The van der Waals surface area contributed by atoms with Crippen LogP contribution in [-0.4, -0.2) is 42.4 Å². The lowest BCUT2D eigenvalue weighted by molar-refractivity contribution is 0.0800. The van der Waals surface area contributed by atoms with Crippen molar-refractivity contribution >= 4 is 11.6 Å². The fourth-order valence-corrected chi connectivity index (χ4v) is 4.60. The molecule has 2 aromatic rings. The average molecular weight is 386 g/mol. The molecule has 1 aliphatic heterocycles. The van der Waals surface area contributed by atoms with E-state index in [1.807, 2.05) is 12.1 Å². The van der Waals surface area contributed by atoms with E-state index in [0.717, 1.165) is 61.7 Å². The molecule has 1 saturated heterocycles. The van der Waals surface area contributed by atoms with Crippen LogP contribution >= 0.6 is 11.6 Å². The number of hydrogen-bond donors (Lipinski definition) is 1. The van der Waals surface area contributed by atoms with Crippen LogP contribution in [0.25, 0.3) is 11.1 Å². The van der Waals surface area contributed by atoms with Gasteiger partial charge in [-0.2, -0.15) is 0 Å². The zero-order chi connectivity index (χ0) is 18.6. The number of fused-ring (bicyclic) bond motifs is 1. The van der Waals surface area contributed by atoms with Crippen molar-refractivity contribution in [2.45, 2.75) is 44.6 Å². The van der Waals surface area contributed by atoms with Gasteiger partial charge in [-0.1, -0.05) is 41.9 Å². The van der Waals surface area contributed by atoms with Crippen molar-refractivity contribution in [3.05, 3.63) is 52.5 Å². The molecule has 2 aliphatic rings. The number of aryl methyl sites for hydroxylation is 1. The molecule has 0 saturated carbocycles. The molecule has 1 N–H and O–H groups in total. The minimum Gasteiger partial charge on any atom is -0.492 e. The van der Waals surface area contributed by atoms with Gasteiger partial charge in [0.2, 0.25) is 0 Å². The summed E-state index contributed by atoms with van der Waals surface area (Å²) in [4.78, 5) is 2.40. The molecule has 0 amide bonds. The Kier molecular flexibility index (Phi) is 6.01. The minimum absolute atomic E-state index is 0.113. The van der Waals surface area contributed by atoms with Gasteiger partial charge in [-0.15, -0.1) is 0 Å². The van der Waals surface area contributed by atoms with Crippen molar-refractivity contribution in [1.82, 2.24) is 4.90 Å². The number of aliphatic hydroxyl groups excluding tert-OH is 1. The van der Waals surface area contributed by atoms with Crippen LogP contribution in [0.1, 0.15) is 36.8 Å². The van der Waals surface area contributed by atoms with Gasteiger partial charge in [0.05, 0.1) is 17.7 Å². The maximum absolute atomic E-state index is 9.59. The molecule has 1 aliphatic carbocycles. The van der Waals surface area contributed by atoms with Gasteiger partial charge in [-0.3, -0.25) is 0 Å². The summed E-state index contributed by atoms with van der Waals surface area (Å²) in [5, 5.41) is 10.3. The van der Waals surface area contributed by atoms with Crippen LogP contribution < -0.4 is 4.74 Å². The molecule has 0 bridgehead atoms. The number of nitrogens with zero attached hydrogens (tertiary/aromatic N) is 1. The van der Waals surface area contributed by atoms with E-state index in [0.29, 0.717) is 6.61 Å². The molecule has 0 spiro atoms. The molecule has 144 valence electrons. The van der Waals surface area contributed by atoms with Crippen molar-refractivity contribution in [3.63, 3.8) is 0 Å². The Morgan fingerprint density at radius 3 is 2.67 bits per heavy atom. The molecule has 0 radical (unpaired) electrons. The third-order valence-corrected chi connectivity index (χ3v) is 6.22. The van der Waals surface area contributed by atoms with E-state index < -0.39 is 0 Å².